The van der Waals surface area contributed by atoms with Crippen molar-refractivity contribution in [1.29, 1.82) is 0 Å². The Morgan fingerprint density at radius 3 is 1.48 bits per heavy atom. The third kappa shape index (κ3) is 6.80. The standard InChI is InChI=1S/C18H14BrS.C7H8O3S/c19-15-11-13-18(14-12-15)20(16-7-3-1-4-8-16)17-9-5-2-6-10-17;1-6-2-4-7(5-3-6)11(8,9)10/h1-14H;2-5H,1H3,(H,8,9,10)/q+1;/p-1. The summed E-state index contributed by atoms with van der Waals surface area (Å²) in [5, 5.41) is 0. The van der Waals surface area contributed by atoms with E-state index in [2.05, 4.69) is 101 Å². The minimum atomic E-state index is -4.27. The van der Waals surface area contributed by atoms with Crippen LogP contribution in [0.3, 0.4) is 0 Å². The minimum absolute atomic E-state index is 0.0437. The van der Waals surface area contributed by atoms with Crippen LogP contribution < -0.4 is 0 Å². The molecule has 0 heterocycles. The number of hydrogen-bond acceptors (Lipinski definition) is 3. The van der Waals surface area contributed by atoms with Gasteiger partial charge in [0.05, 0.1) is 15.8 Å². The number of aryl methyl sites for hydroxylation is 1. The summed E-state index contributed by atoms with van der Waals surface area (Å²) in [5.41, 5.74) is 0.928. The Labute approximate surface area is 195 Å². The fourth-order valence-corrected chi connectivity index (χ4v) is 5.61. The van der Waals surface area contributed by atoms with E-state index in [9.17, 15) is 13.0 Å². The second-order valence-electron chi connectivity index (χ2n) is 6.65. The van der Waals surface area contributed by atoms with E-state index in [-0.39, 0.29) is 15.8 Å². The molecule has 158 valence electrons. The first-order chi connectivity index (χ1) is 14.8. The SMILES string of the molecule is Brc1ccc([S+](c2ccccc2)c2ccccc2)cc1.Cc1ccc(S(=O)(=O)[O-])cc1. The monoisotopic (exact) mass is 512 g/mol. The molecule has 0 saturated heterocycles. The molecule has 4 rings (SSSR count). The maximum absolute atomic E-state index is 10.4. The van der Waals surface area contributed by atoms with Crippen LogP contribution in [0, 0.1) is 6.92 Å². The van der Waals surface area contributed by atoms with Crippen molar-refractivity contribution in [3.63, 3.8) is 0 Å². The fraction of sp³-hybridized carbons (Fsp3) is 0.0400. The molecule has 0 radical (unpaired) electrons. The molecule has 0 unspecified atom stereocenters. The van der Waals surface area contributed by atoms with Crippen molar-refractivity contribution in [2.24, 2.45) is 0 Å². The van der Waals surface area contributed by atoms with Crippen LogP contribution in [-0.2, 0) is 21.0 Å². The summed E-state index contributed by atoms with van der Waals surface area (Å²) in [6.07, 6.45) is 0. The van der Waals surface area contributed by atoms with Crippen LogP contribution in [0.25, 0.3) is 0 Å². The van der Waals surface area contributed by atoms with E-state index in [0.29, 0.717) is 0 Å². The first-order valence-electron chi connectivity index (χ1n) is 9.47. The van der Waals surface area contributed by atoms with Crippen molar-refractivity contribution in [1.82, 2.24) is 0 Å². The van der Waals surface area contributed by atoms with Crippen molar-refractivity contribution in [3.05, 3.63) is 119 Å². The van der Waals surface area contributed by atoms with E-state index in [4.69, 9.17) is 0 Å². The smallest absolute Gasteiger partial charge is 0.166 e. The third-order valence-corrected chi connectivity index (χ3v) is 7.93. The summed E-state index contributed by atoms with van der Waals surface area (Å²) in [7, 11) is -4.31. The maximum atomic E-state index is 10.4. The van der Waals surface area contributed by atoms with E-state index in [1.54, 1.807) is 12.1 Å². The molecule has 6 heteroatoms. The zero-order chi connectivity index (χ0) is 22.3. The summed E-state index contributed by atoms with van der Waals surface area (Å²) in [6, 6.07) is 35.8. The van der Waals surface area contributed by atoms with E-state index in [1.165, 1.54) is 26.8 Å². The van der Waals surface area contributed by atoms with Crippen LogP contribution >= 0.6 is 15.9 Å². The highest BCUT2D eigenvalue weighted by Gasteiger charge is 2.27. The Balaban J connectivity index is 0.000000210. The van der Waals surface area contributed by atoms with E-state index >= 15 is 0 Å². The normalized spacial score (nSPS) is 11.0. The van der Waals surface area contributed by atoms with Crippen molar-refractivity contribution < 1.29 is 13.0 Å². The lowest BCUT2D eigenvalue weighted by Gasteiger charge is -2.07. The molecule has 0 aliphatic heterocycles. The Morgan fingerprint density at radius 2 is 1.06 bits per heavy atom. The Morgan fingerprint density at radius 1 is 0.645 bits per heavy atom. The average molecular weight is 513 g/mol. The van der Waals surface area contributed by atoms with Crippen LogP contribution in [0.5, 0.6) is 0 Å². The van der Waals surface area contributed by atoms with E-state index in [1.807, 2.05) is 6.92 Å². The molecule has 0 fully saturated rings. The molecule has 0 aliphatic carbocycles. The number of hydrogen-bond donors (Lipinski definition) is 0. The summed E-state index contributed by atoms with van der Waals surface area (Å²) >= 11 is 3.51. The zero-order valence-electron chi connectivity index (χ0n) is 16.8. The van der Waals surface area contributed by atoms with Crippen LogP contribution in [0.15, 0.2) is 133 Å². The van der Waals surface area contributed by atoms with Crippen molar-refractivity contribution in [2.45, 2.75) is 26.5 Å². The van der Waals surface area contributed by atoms with Gasteiger partial charge < -0.3 is 4.55 Å². The Hall–Kier alpha value is -2.38. The summed E-state index contributed by atoms with van der Waals surface area (Å²) in [6.45, 7) is 1.82. The summed E-state index contributed by atoms with van der Waals surface area (Å²) in [5.74, 6) is 0. The Bertz CT molecular complexity index is 1150. The van der Waals surface area contributed by atoms with Gasteiger partial charge in [-0.05, 0) is 67.6 Å². The quantitative estimate of drug-likeness (QED) is 0.233. The molecule has 31 heavy (non-hydrogen) atoms. The zero-order valence-corrected chi connectivity index (χ0v) is 20.0. The molecule has 0 bridgehead atoms. The topological polar surface area (TPSA) is 57.2 Å². The average Bonchev–Trinajstić information content (AvgIpc) is 2.77. The van der Waals surface area contributed by atoms with Crippen LogP contribution in [-0.4, -0.2) is 13.0 Å². The highest BCUT2D eigenvalue weighted by atomic mass is 79.9. The van der Waals surface area contributed by atoms with Crippen molar-refractivity contribution >= 4 is 36.9 Å². The number of halogens is 1. The first-order valence-corrected chi connectivity index (χ1v) is 12.9. The lowest BCUT2D eigenvalue weighted by atomic mass is 10.2. The molecule has 0 spiro atoms. The molecule has 0 N–H and O–H groups in total. The predicted octanol–water partition coefficient (Wildman–Crippen LogP) is 6.44. The molecule has 0 aliphatic rings. The highest BCUT2D eigenvalue weighted by Crippen LogP contribution is 2.31. The number of rotatable bonds is 4. The molecule has 0 amide bonds. The van der Waals surface area contributed by atoms with Gasteiger partial charge in [-0.25, -0.2) is 8.42 Å². The first kappa shape index (κ1) is 23.3. The molecule has 0 aromatic heterocycles. The van der Waals surface area contributed by atoms with Gasteiger partial charge >= 0.3 is 0 Å². The van der Waals surface area contributed by atoms with Crippen LogP contribution in [0.2, 0.25) is 0 Å². The second-order valence-corrected chi connectivity index (χ2v) is 11.0. The maximum Gasteiger partial charge on any atom is 0.166 e. The highest BCUT2D eigenvalue weighted by molar-refractivity contribution is 9.10. The second kappa shape index (κ2) is 10.8. The van der Waals surface area contributed by atoms with Crippen LogP contribution in [0.1, 0.15) is 5.56 Å². The number of benzene rings is 4. The summed E-state index contributed by atoms with van der Waals surface area (Å²) in [4.78, 5) is 3.86. The largest absolute Gasteiger partial charge is 0.744 e. The predicted molar refractivity (Wildman–Crippen MR) is 128 cm³/mol. The van der Waals surface area contributed by atoms with E-state index < -0.39 is 10.1 Å². The van der Waals surface area contributed by atoms with Gasteiger partial charge in [0, 0.05) is 4.47 Å². The summed E-state index contributed by atoms with van der Waals surface area (Å²) < 4.78 is 32.3. The van der Waals surface area contributed by atoms with Gasteiger partial charge in [-0.2, -0.15) is 0 Å². The van der Waals surface area contributed by atoms with Gasteiger partial charge in [-0.1, -0.05) is 70.0 Å². The molecule has 0 atom stereocenters. The third-order valence-electron chi connectivity index (χ3n) is 4.32. The lowest BCUT2D eigenvalue weighted by molar-refractivity contribution is 0.463. The van der Waals surface area contributed by atoms with Gasteiger partial charge in [0.2, 0.25) is 0 Å². The van der Waals surface area contributed by atoms with Gasteiger partial charge in [0.25, 0.3) is 0 Å². The Kier molecular flexibility index (Phi) is 8.09. The van der Waals surface area contributed by atoms with Crippen molar-refractivity contribution in [2.75, 3.05) is 0 Å². The van der Waals surface area contributed by atoms with Gasteiger partial charge in [0.1, 0.15) is 10.1 Å². The molecule has 4 aromatic rings. The van der Waals surface area contributed by atoms with Gasteiger partial charge in [-0.3, -0.25) is 0 Å². The lowest BCUT2D eigenvalue weighted by Crippen LogP contribution is -2.04. The molecular formula is C25H21BrO3S2. The van der Waals surface area contributed by atoms with Gasteiger partial charge in [-0.15, -0.1) is 0 Å². The van der Waals surface area contributed by atoms with Crippen molar-refractivity contribution in [3.8, 4) is 0 Å². The molecule has 3 nitrogen and oxygen atoms in total. The van der Waals surface area contributed by atoms with Crippen LogP contribution in [0.4, 0.5) is 0 Å². The van der Waals surface area contributed by atoms with E-state index in [0.717, 1.165) is 10.0 Å². The fourth-order valence-electron chi connectivity index (χ4n) is 2.80. The molecule has 0 saturated carbocycles. The van der Waals surface area contributed by atoms with Gasteiger partial charge in [0.15, 0.2) is 14.7 Å². The molecular weight excluding hydrogens is 492 g/mol. The molecule has 4 aromatic carbocycles. The minimum Gasteiger partial charge on any atom is -0.744 e.